The molecule has 1 aromatic heterocycles. The Morgan fingerprint density at radius 3 is 2.38 bits per heavy atom. The number of aryl methyl sites for hydroxylation is 1. The van der Waals surface area contributed by atoms with Crippen molar-refractivity contribution in [1.29, 1.82) is 0 Å². The summed E-state index contributed by atoms with van der Waals surface area (Å²) >= 11 is 0. The summed E-state index contributed by atoms with van der Waals surface area (Å²) in [5.41, 5.74) is 4.72. The van der Waals surface area contributed by atoms with Crippen LogP contribution in [0.2, 0.25) is 0 Å². The Bertz CT molecular complexity index is 775. The number of carbonyl (C=O) groups excluding carboxylic acids is 2. The molecule has 2 aromatic rings. The van der Waals surface area contributed by atoms with Crippen LogP contribution in [0.4, 0.5) is 0 Å². The molecule has 1 aromatic carbocycles. The van der Waals surface area contributed by atoms with E-state index in [-0.39, 0.29) is 11.7 Å². The lowest BCUT2D eigenvalue weighted by atomic mass is 10.1. The van der Waals surface area contributed by atoms with Crippen molar-refractivity contribution in [2.45, 2.75) is 40.3 Å². The van der Waals surface area contributed by atoms with E-state index in [4.69, 9.17) is 0 Å². The molecule has 0 saturated heterocycles. The zero-order valence-electron chi connectivity index (χ0n) is 16.4. The van der Waals surface area contributed by atoms with Crippen LogP contribution in [0.5, 0.6) is 0 Å². The Morgan fingerprint density at radius 1 is 1.15 bits per heavy atom. The van der Waals surface area contributed by atoms with Gasteiger partial charge < -0.3 is 9.88 Å². The molecule has 0 aliphatic heterocycles. The average Bonchev–Trinajstić information content (AvgIpc) is 2.90. The highest BCUT2D eigenvalue weighted by Crippen LogP contribution is 2.17. The van der Waals surface area contributed by atoms with Crippen LogP contribution in [-0.4, -0.2) is 41.8 Å². The van der Waals surface area contributed by atoms with Crippen LogP contribution in [-0.2, 0) is 13.1 Å². The number of hydrogen-bond acceptors (Lipinski definition) is 3. The van der Waals surface area contributed by atoms with Gasteiger partial charge in [-0.2, -0.15) is 0 Å². The first-order valence-electron chi connectivity index (χ1n) is 9.06. The number of amides is 1. The lowest BCUT2D eigenvalue weighted by Gasteiger charge is -2.16. The highest BCUT2D eigenvalue weighted by atomic mass is 16.1. The minimum absolute atomic E-state index is 0.0949. The number of rotatable bonds is 8. The van der Waals surface area contributed by atoms with E-state index in [1.165, 1.54) is 0 Å². The highest BCUT2D eigenvalue weighted by Gasteiger charge is 2.17. The topological polar surface area (TPSA) is 54.3 Å². The molecule has 1 N–H and O–H groups in total. The van der Waals surface area contributed by atoms with E-state index in [1.807, 2.05) is 49.2 Å². The van der Waals surface area contributed by atoms with E-state index < -0.39 is 0 Å². The molecule has 0 atom stereocenters. The van der Waals surface area contributed by atoms with Crippen LogP contribution < -0.4 is 5.32 Å². The molecular weight excluding hydrogens is 326 g/mol. The average molecular weight is 355 g/mol. The van der Waals surface area contributed by atoms with Gasteiger partial charge >= 0.3 is 0 Å². The van der Waals surface area contributed by atoms with Crippen molar-refractivity contribution in [3.63, 3.8) is 0 Å². The maximum absolute atomic E-state index is 12.7. The number of ketones is 1. The molecule has 0 aliphatic rings. The van der Waals surface area contributed by atoms with Gasteiger partial charge in [-0.1, -0.05) is 19.1 Å². The number of Topliss-reactive ketones (excluding diaryl/α,β-unsaturated/α-hetero) is 1. The largest absolute Gasteiger partial charge is 0.355 e. The molecule has 0 bridgehead atoms. The third kappa shape index (κ3) is 4.61. The maximum atomic E-state index is 12.7. The van der Waals surface area contributed by atoms with Crippen molar-refractivity contribution in [1.82, 2.24) is 14.8 Å². The fraction of sp³-hybridized carbons (Fsp3) is 0.429. The Hall–Kier alpha value is -2.40. The second-order valence-electron chi connectivity index (χ2n) is 6.81. The fourth-order valence-electron chi connectivity index (χ4n) is 3.25. The third-order valence-corrected chi connectivity index (χ3v) is 4.63. The molecule has 0 fully saturated rings. The molecule has 2 rings (SSSR count). The zero-order valence-corrected chi connectivity index (χ0v) is 16.4. The molecule has 0 radical (unpaired) electrons. The van der Waals surface area contributed by atoms with Gasteiger partial charge in [0.25, 0.3) is 5.91 Å². The van der Waals surface area contributed by atoms with Crippen molar-refractivity contribution < 1.29 is 9.59 Å². The van der Waals surface area contributed by atoms with Gasteiger partial charge in [0, 0.05) is 42.7 Å². The summed E-state index contributed by atoms with van der Waals surface area (Å²) in [6.45, 7) is 8.19. The number of hydrogen-bond donors (Lipinski definition) is 1. The lowest BCUT2D eigenvalue weighted by molar-refractivity contribution is 0.0940. The van der Waals surface area contributed by atoms with Crippen LogP contribution in [0.1, 0.15) is 51.0 Å². The number of likely N-dealkylation sites (N-methyl/N-ethyl adjacent to an activating group) is 1. The van der Waals surface area contributed by atoms with E-state index in [1.54, 1.807) is 7.05 Å². The molecule has 1 amide bonds. The molecule has 5 nitrogen and oxygen atoms in total. The highest BCUT2D eigenvalue weighted by molar-refractivity contribution is 5.99. The zero-order chi connectivity index (χ0) is 19.3. The van der Waals surface area contributed by atoms with Crippen LogP contribution in [0.15, 0.2) is 30.3 Å². The van der Waals surface area contributed by atoms with Gasteiger partial charge in [-0.3, -0.25) is 14.5 Å². The molecule has 1 heterocycles. The lowest BCUT2D eigenvalue weighted by Crippen LogP contribution is -2.26. The number of nitrogens with zero attached hydrogens (tertiary/aromatic N) is 2. The van der Waals surface area contributed by atoms with Crippen LogP contribution in [0, 0.1) is 13.8 Å². The van der Waals surface area contributed by atoms with Crippen molar-refractivity contribution >= 4 is 11.7 Å². The van der Waals surface area contributed by atoms with Crippen molar-refractivity contribution in [2.75, 3.05) is 20.6 Å². The van der Waals surface area contributed by atoms with Crippen molar-refractivity contribution in [3.8, 4) is 0 Å². The number of benzene rings is 1. The van der Waals surface area contributed by atoms with Gasteiger partial charge in [0.15, 0.2) is 5.78 Å². The maximum Gasteiger partial charge on any atom is 0.251 e. The number of carbonyl (C=O) groups is 2. The van der Waals surface area contributed by atoms with Crippen molar-refractivity contribution in [2.24, 2.45) is 0 Å². The van der Waals surface area contributed by atoms with E-state index in [0.717, 1.165) is 35.5 Å². The summed E-state index contributed by atoms with van der Waals surface area (Å²) in [5.74, 6) is 0.0486. The van der Waals surface area contributed by atoms with Gasteiger partial charge in [0.05, 0.1) is 6.54 Å². The molecule has 0 unspecified atom stereocenters. The quantitative estimate of drug-likeness (QED) is 0.740. The van der Waals surface area contributed by atoms with Gasteiger partial charge in [0.2, 0.25) is 0 Å². The van der Waals surface area contributed by atoms with Gasteiger partial charge in [-0.05, 0) is 51.1 Å². The van der Waals surface area contributed by atoms with Crippen LogP contribution in [0.25, 0.3) is 0 Å². The molecule has 5 heteroatoms. The summed E-state index contributed by atoms with van der Waals surface area (Å²) in [5, 5.41) is 2.61. The molecule has 0 saturated carbocycles. The van der Waals surface area contributed by atoms with Gasteiger partial charge in [-0.15, -0.1) is 0 Å². The summed E-state index contributed by atoms with van der Waals surface area (Å²) in [7, 11) is 3.56. The SMILES string of the molecule is CCCn1c(C)cc(C(=O)CN(C)Cc2ccc(C(=O)NC)cc2)c1C. The fourth-order valence-corrected chi connectivity index (χ4v) is 3.25. The number of aromatic nitrogens is 1. The second-order valence-corrected chi connectivity index (χ2v) is 6.81. The first-order chi connectivity index (χ1) is 12.4. The first-order valence-corrected chi connectivity index (χ1v) is 9.06. The molecule has 26 heavy (non-hydrogen) atoms. The Balaban J connectivity index is 2.01. The van der Waals surface area contributed by atoms with E-state index in [0.29, 0.717) is 18.7 Å². The van der Waals surface area contributed by atoms with Gasteiger partial charge in [0.1, 0.15) is 0 Å². The second kappa shape index (κ2) is 8.81. The predicted molar refractivity (Wildman–Crippen MR) is 105 cm³/mol. The first kappa shape index (κ1) is 19.9. The van der Waals surface area contributed by atoms with E-state index >= 15 is 0 Å². The third-order valence-electron chi connectivity index (χ3n) is 4.63. The molecular formula is C21H29N3O2. The summed E-state index contributed by atoms with van der Waals surface area (Å²) < 4.78 is 2.21. The molecule has 0 spiro atoms. The Labute approximate surface area is 156 Å². The van der Waals surface area contributed by atoms with Crippen LogP contribution in [0.3, 0.4) is 0 Å². The Morgan fingerprint density at radius 2 is 1.81 bits per heavy atom. The minimum atomic E-state index is -0.0949. The minimum Gasteiger partial charge on any atom is -0.355 e. The van der Waals surface area contributed by atoms with E-state index in [2.05, 4.69) is 23.7 Å². The summed E-state index contributed by atoms with van der Waals surface area (Å²) in [6, 6.07) is 9.47. The monoisotopic (exact) mass is 355 g/mol. The number of nitrogens with one attached hydrogen (secondary N) is 1. The molecule has 0 aliphatic carbocycles. The van der Waals surface area contributed by atoms with E-state index in [9.17, 15) is 9.59 Å². The van der Waals surface area contributed by atoms with Gasteiger partial charge in [-0.25, -0.2) is 0 Å². The standard InChI is InChI=1S/C21H29N3O2/c1-6-11-24-15(2)12-19(16(24)3)20(25)14-23(5)13-17-7-9-18(10-8-17)21(26)22-4/h7-10,12H,6,11,13-14H2,1-5H3,(H,22,26). The smallest absolute Gasteiger partial charge is 0.251 e. The summed E-state index contributed by atoms with van der Waals surface area (Å²) in [4.78, 5) is 26.3. The summed E-state index contributed by atoms with van der Waals surface area (Å²) in [6.07, 6.45) is 1.05. The van der Waals surface area contributed by atoms with Crippen molar-refractivity contribution in [3.05, 3.63) is 58.4 Å². The Kier molecular flexibility index (Phi) is 6.75. The van der Waals surface area contributed by atoms with Crippen LogP contribution >= 0.6 is 0 Å². The normalized spacial score (nSPS) is 11.0. The predicted octanol–water partition coefficient (Wildman–Crippen LogP) is 3.19. The molecule has 140 valence electrons.